The van der Waals surface area contributed by atoms with Gasteiger partial charge in [0.15, 0.2) is 0 Å². The molecule has 96 valence electrons. The van der Waals surface area contributed by atoms with Crippen LogP contribution in [-0.2, 0) is 0 Å². The molecule has 1 rings (SSSR count). The van der Waals surface area contributed by atoms with E-state index in [0.717, 1.165) is 0 Å². The summed E-state index contributed by atoms with van der Waals surface area (Å²) in [6.45, 7) is 11.7. The Bertz CT molecular complexity index is 431. The van der Waals surface area contributed by atoms with Gasteiger partial charge < -0.3 is 4.90 Å². The molecule has 0 aromatic carbocycles. The Balaban J connectivity index is 2.74. The summed E-state index contributed by atoms with van der Waals surface area (Å²) in [5.74, 6) is 0.710. The van der Waals surface area contributed by atoms with Gasteiger partial charge in [0.25, 0.3) is 0 Å². The molecule has 0 saturated heterocycles. The van der Waals surface area contributed by atoms with Crippen LogP contribution in [0.4, 0.5) is 4.79 Å². The van der Waals surface area contributed by atoms with Gasteiger partial charge >= 0.3 is 6.03 Å². The Labute approximate surface area is 111 Å². The highest BCUT2D eigenvalue weighted by Crippen LogP contribution is 2.11. The molecule has 0 spiro atoms. The summed E-state index contributed by atoms with van der Waals surface area (Å²) in [6, 6.07) is -0.243. The Hall–Kier alpha value is -1.82. The minimum absolute atomic E-state index is 0.243. The van der Waals surface area contributed by atoms with E-state index in [1.165, 1.54) is 22.8 Å². The van der Waals surface area contributed by atoms with Crippen molar-refractivity contribution in [2.24, 2.45) is 0 Å². The molecule has 0 N–H and O–H groups in total. The summed E-state index contributed by atoms with van der Waals surface area (Å²) in [5, 5.41) is 4.65. The van der Waals surface area contributed by atoms with E-state index >= 15 is 0 Å². The molecule has 0 saturated carbocycles. The molecule has 0 radical (unpaired) electrons. The number of rotatable bonds is 7. The normalized spacial score (nSPS) is 9.78. The molecule has 0 fully saturated rings. The van der Waals surface area contributed by atoms with E-state index in [2.05, 4.69) is 29.8 Å². The molecule has 18 heavy (non-hydrogen) atoms. The van der Waals surface area contributed by atoms with Crippen LogP contribution in [0.5, 0.6) is 0 Å². The molecule has 0 atom stereocenters. The number of hydrogen-bond acceptors (Lipinski definition) is 4. The van der Waals surface area contributed by atoms with Crippen LogP contribution in [0.15, 0.2) is 49.4 Å². The summed E-state index contributed by atoms with van der Waals surface area (Å²) in [5.41, 5.74) is 0. The maximum absolute atomic E-state index is 12.1. The Morgan fingerprint density at radius 2 is 2.00 bits per heavy atom. The number of carbonyl (C=O) groups excluding carboxylic acids is 1. The lowest BCUT2D eigenvalue weighted by Gasteiger charge is -2.17. The largest absolute Gasteiger partial charge is 0.346 e. The van der Waals surface area contributed by atoms with Gasteiger partial charge in [-0.05, 0) is 0 Å². The Kier molecular flexibility index (Phi) is 5.93. The number of aromatic nitrogens is 3. The first-order chi connectivity index (χ1) is 8.72. The van der Waals surface area contributed by atoms with Crippen LogP contribution in [0, 0.1) is 0 Å². The zero-order chi connectivity index (χ0) is 13.4. The molecule has 1 aromatic heterocycles. The number of hydrogen-bond donors (Lipinski definition) is 0. The van der Waals surface area contributed by atoms with E-state index in [4.69, 9.17) is 0 Å². The van der Waals surface area contributed by atoms with Gasteiger partial charge in [-0.2, -0.15) is 4.68 Å². The molecular weight excluding hydrogens is 248 g/mol. The number of thioether (sulfide) groups is 1. The van der Waals surface area contributed by atoms with Crippen molar-refractivity contribution in [3.63, 3.8) is 0 Å². The summed E-state index contributed by atoms with van der Waals surface area (Å²) >= 11 is 1.42. The van der Waals surface area contributed by atoms with Gasteiger partial charge in [0.05, 0.1) is 0 Å². The first-order valence-electron chi connectivity index (χ1n) is 5.39. The van der Waals surface area contributed by atoms with Crippen molar-refractivity contribution in [1.29, 1.82) is 0 Å². The maximum atomic E-state index is 12.1. The van der Waals surface area contributed by atoms with E-state index < -0.39 is 0 Å². The fraction of sp³-hybridized carbons (Fsp3) is 0.250. The van der Waals surface area contributed by atoms with Crippen molar-refractivity contribution < 1.29 is 4.79 Å². The van der Waals surface area contributed by atoms with Crippen LogP contribution in [-0.4, -0.2) is 44.5 Å². The third-order valence-electron chi connectivity index (χ3n) is 1.97. The minimum atomic E-state index is -0.243. The second kappa shape index (κ2) is 7.50. The number of amides is 1. The number of nitrogens with zero attached hydrogens (tertiary/aromatic N) is 4. The van der Waals surface area contributed by atoms with Crippen LogP contribution < -0.4 is 0 Å². The molecule has 0 aliphatic heterocycles. The quantitative estimate of drug-likeness (QED) is 0.559. The van der Waals surface area contributed by atoms with E-state index in [-0.39, 0.29) is 6.03 Å². The fourth-order valence-corrected chi connectivity index (χ4v) is 1.76. The Morgan fingerprint density at radius 3 is 2.56 bits per heavy atom. The Morgan fingerprint density at radius 1 is 1.33 bits per heavy atom. The molecule has 0 aliphatic rings. The molecule has 1 amide bonds. The highest BCUT2D eigenvalue weighted by Gasteiger charge is 2.14. The lowest BCUT2D eigenvalue weighted by atomic mass is 10.5. The van der Waals surface area contributed by atoms with Crippen LogP contribution in [0.1, 0.15) is 0 Å². The van der Waals surface area contributed by atoms with Crippen molar-refractivity contribution in [1.82, 2.24) is 19.7 Å². The van der Waals surface area contributed by atoms with Crippen LogP contribution in [0.3, 0.4) is 0 Å². The van der Waals surface area contributed by atoms with Crippen molar-refractivity contribution in [3.8, 4) is 0 Å². The SMILES string of the molecule is C=CCSc1ncn(C(=O)N(CC=C)CC=C)n1. The van der Waals surface area contributed by atoms with Gasteiger partial charge in [-0.15, -0.1) is 24.8 Å². The smallest absolute Gasteiger partial charge is 0.315 e. The zero-order valence-corrected chi connectivity index (χ0v) is 11.0. The highest BCUT2D eigenvalue weighted by atomic mass is 32.2. The molecule has 0 aliphatic carbocycles. The average molecular weight is 264 g/mol. The molecule has 6 heteroatoms. The second-order valence-electron chi connectivity index (χ2n) is 3.34. The van der Waals surface area contributed by atoms with E-state index in [9.17, 15) is 4.79 Å². The summed E-state index contributed by atoms with van der Waals surface area (Å²) < 4.78 is 1.22. The molecule has 1 aromatic rings. The molecule has 0 unspecified atom stereocenters. The molecule has 0 bridgehead atoms. The average Bonchev–Trinajstić information content (AvgIpc) is 2.84. The van der Waals surface area contributed by atoms with Gasteiger partial charge in [0, 0.05) is 18.8 Å². The van der Waals surface area contributed by atoms with Crippen molar-refractivity contribution in [3.05, 3.63) is 44.3 Å². The summed E-state index contributed by atoms with van der Waals surface area (Å²) in [4.78, 5) is 17.7. The van der Waals surface area contributed by atoms with Gasteiger partial charge in [0.1, 0.15) is 6.33 Å². The molecular formula is C12H16N4OS. The predicted octanol–water partition coefficient (Wildman–Crippen LogP) is 2.20. The predicted molar refractivity (Wildman–Crippen MR) is 73.7 cm³/mol. The summed E-state index contributed by atoms with van der Waals surface area (Å²) in [7, 11) is 0. The van der Waals surface area contributed by atoms with Gasteiger partial charge in [-0.3, -0.25) is 0 Å². The molecule has 5 nitrogen and oxygen atoms in total. The minimum Gasteiger partial charge on any atom is -0.315 e. The zero-order valence-electron chi connectivity index (χ0n) is 10.2. The first-order valence-corrected chi connectivity index (χ1v) is 6.38. The monoisotopic (exact) mass is 264 g/mol. The maximum Gasteiger partial charge on any atom is 0.346 e. The van der Waals surface area contributed by atoms with E-state index in [0.29, 0.717) is 24.0 Å². The van der Waals surface area contributed by atoms with Gasteiger partial charge in [-0.25, -0.2) is 9.78 Å². The fourth-order valence-electron chi connectivity index (χ4n) is 1.23. The van der Waals surface area contributed by atoms with Crippen molar-refractivity contribution in [2.45, 2.75) is 5.16 Å². The van der Waals surface area contributed by atoms with Crippen LogP contribution in [0.2, 0.25) is 0 Å². The highest BCUT2D eigenvalue weighted by molar-refractivity contribution is 7.99. The van der Waals surface area contributed by atoms with Gasteiger partial charge in [-0.1, -0.05) is 30.0 Å². The third-order valence-corrected chi connectivity index (χ3v) is 2.81. The van der Waals surface area contributed by atoms with Crippen molar-refractivity contribution in [2.75, 3.05) is 18.8 Å². The third kappa shape index (κ3) is 3.89. The molecule has 1 heterocycles. The second-order valence-corrected chi connectivity index (χ2v) is 4.32. The van der Waals surface area contributed by atoms with Crippen molar-refractivity contribution >= 4 is 17.8 Å². The first kappa shape index (κ1) is 14.2. The van der Waals surface area contributed by atoms with Crippen LogP contribution in [0.25, 0.3) is 0 Å². The lowest BCUT2D eigenvalue weighted by Crippen LogP contribution is -2.35. The standard InChI is InChI=1S/C12H16N4OS/c1-4-7-15(8-5-2)12(17)16-10-13-11(14-16)18-9-6-3/h4-6,10H,1-3,7-9H2. The van der Waals surface area contributed by atoms with Gasteiger partial charge in [0.2, 0.25) is 5.16 Å². The lowest BCUT2D eigenvalue weighted by molar-refractivity contribution is 0.206. The summed E-state index contributed by atoms with van der Waals surface area (Å²) in [6.07, 6.45) is 6.49. The van der Waals surface area contributed by atoms with Crippen LogP contribution >= 0.6 is 11.8 Å². The number of carbonyl (C=O) groups is 1. The van der Waals surface area contributed by atoms with E-state index in [1.807, 2.05) is 0 Å². The topological polar surface area (TPSA) is 51.0 Å². The van der Waals surface area contributed by atoms with E-state index in [1.54, 1.807) is 23.1 Å².